The third-order valence-electron chi connectivity index (χ3n) is 4.91. The normalized spacial score (nSPS) is 29.9. The maximum absolute atomic E-state index is 6.05. The first kappa shape index (κ1) is 14.9. The van der Waals surface area contributed by atoms with Gasteiger partial charge in [-0.3, -0.25) is 0 Å². The minimum absolute atomic E-state index is 0.187. The molecule has 3 nitrogen and oxygen atoms in total. The van der Waals surface area contributed by atoms with E-state index >= 15 is 0 Å². The number of para-hydroxylation sites is 1. The molecule has 0 saturated heterocycles. The quantitative estimate of drug-likeness (QED) is 0.899. The summed E-state index contributed by atoms with van der Waals surface area (Å²) in [6.07, 6.45) is 1.47. The van der Waals surface area contributed by atoms with Crippen molar-refractivity contribution in [2.75, 3.05) is 13.2 Å². The third kappa shape index (κ3) is 2.82. The molecule has 1 N–H and O–H groups in total. The van der Waals surface area contributed by atoms with Gasteiger partial charge in [0.25, 0.3) is 0 Å². The fourth-order valence-electron chi connectivity index (χ4n) is 3.30. The first-order valence-electron chi connectivity index (χ1n) is 8.08. The molecule has 3 unspecified atom stereocenters. The average Bonchev–Trinajstić information content (AvgIpc) is 2.85. The van der Waals surface area contributed by atoms with E-state index in [0.29, 0.717) is 24.1 Å². The van der Waals surface area contributed by atoms with Crippen LogP contribution < -0.4 is 10.1 Å². The lowest BCUT2D eigenvalue weighted by molar-refractivity contribution is -0.126. The molecule has 3 rings (SSSR count). The summed E-state index contributed by atoms with van der Waals surface area (Å²) >= 11 is 0. The Bertz CT molecular complexity index is 498. The van der Waals surface area contributed by atoms with Crippen LogP contribution in [-0.4, -0.2) is 25.4 Å². The molecule has 1 aliphatic heterocycles. The van der Waals surface area contributed by atoms with Gasteiger partial charge in [-0.1, -0.05) is 45.9 Å². The van der Waals surface area contributed by atoms with Crippen LogP contribution in [0.2, 0.25) is 0 Å². The Hall–Kier alpha value is -1.06. The van der Waals surface area contributed by atoms with Crippen molar-refractivity contribution >= 4 is 0 Å². The summed E-state index contributed by atoms with van der Waals surface area (Å²) < 4.78 is 11.8. The first-order chi connectivity index (χ1) is 9.98. The van der Waals surface area contributed by atoms with Gasteiger partial charge in [0.15, 0.2) is 0 Å². The zero-order valence-electron chi connectivity index (χ0n) is 13.6. The van der Waals surface area contributed by atoms with Gasteiger partial charge in [-0.25, -0.2) is 0 Å². The van der Waals surface area contributed by atoms with Crippen LogP contribution in [0.5, 0.6) is 5.75 Å². The maximum atomic E-state index is 6.05. The largest absolute Gasteiger partial charge is 0.491 e. The number of hydrogen-bond acceptors (Lipinski definition) is 3. The van der Waals surface area contributed by atoms with Gasteiger partial charge in [0, 0.05) is 23.6 Å². The molecule has 21 heavy (non-hydrogen) atoms. The predicted octanol–water partition coefficient (Wildman–Crippen LogP) is 3.55. The summed E-state index contributed by atoms with van der Waals surface area (Å²) in [5.74, 6) is 1.63. The molecule has 3 heteroatoms. The van der Waals surface area contributed by atoms with Gasteiger partial charge in [0.1, 0.15) is 12.4 Å². The minimum Gasteiger partial charge on any atom is -0.491 e. The summed E-state index contributed by atoms with van der Waals surface area (Å²) in [5.41, 5.74) is 1.48. The van der Waals surface area contributed by atoms with E-state index in [9.17, 15) is 0 Å². The van der Waals surface area contributed by atoms with E-state index in [2.05, 4.69) is 51.2 Å². The smallest absolute Gasteiger partial charge is 0.124 e. The highest BCUT2D eigenvalue weighted by atomic mass is 16.5. The molecule has 0 aromatic heterocycles. The van der Waals surface area contributed by atoms with E-state index in [1.807, 2.05) is 6.07 Å². The molecule has 1 aromatic rings. The molecular formula is C18H27NO2. The highest BCUT2D eigenvalue weighted by Gasteiger charge is 2.50. The number of rotatable bonds is 5. The number of ether oxygens (including phenoxy) is 2. The van der Waals surface area contributed by atoms with Gasteiger partial charge in [0.2, 0.25) is 0 Å². The van der Waals surface area contributed by atoms with E-state index in [1.165, 1.54) is 5.56 Å². The molecule has 0 amide bonds. The van der Waals surface area contributed by atoms with Crippen molar-refractivity contribution in [3.63, 3.8) is 0 Å². The van der Waals surface area contributed by atoms with Crippen molar-refractivity contribution in [1.82, 2.24) is 5.32 Å². The lowest BCUT2D eigenvalue weighted by Gasteiger charge is -2.52. The Morgan fingerprint density at radius 1 is 1.33 bits per heavy atom. The Labute approximate surface area is 128 Å². The van der Waals surface area contributed by atoms with Crippen LogP contribution in [0.3, 0.4) is 0 Å². The second kappa shape index (κ2) is 5.62. The lowest BCUT2D eigenvalue weighted by Crippen LogP contribution is -2.61. The maximum Gasteiger partial charge on any atom is 0.124 e. The highest BCUT2D eigenvalue weighted by Crippen LogP contribution is 2.45. The fourth-order valence-corrected chi connectivity index (χ4v) is 3.30. The Kier molecular flexibility index (Phi) is 3.98. The van der Waals surface area contributed by atoms with Crippen molar-refractivity contribution in [1.29, 1.82) is 0 Å². The van der Waals surface area contributed by atoms with Crippen LogP contribution in [0, 0.1) is 11.3 Å². The van der Waals surface area contributed by atoms with Crippen molar-refractivity contribution in [2.24, 2.45) is 11.3 Å². The summed E-state index contributed by atoms with van der Waals surface area (Å²) in [7, 11) is 0. The summed E-state index contributed by atoms with van der Waals surface area (Å²) in [4.78, 5) is 0. The molecule has 1 aliphatic carbocycles. The van der Waals surface area contributed by atoms with Gasteiger partial charge in [0.05, 0.1) is 12.1 Å². The van der Waals surface area contributed by atoms with Gasteiger partial charge in [-0.15, -0.1) is 0 Å². The van der Waals surface area contributed by atoms with Gasteiger partial charge in [-0.05, 0) is 18.4 Å². The molecule has 116 valence electrons. The molecule has 0 spiro atoms. The van der Waals surface area contributed by atoms with E-state index in [0.717, 1.165) is 25.4 Å². The van der Waals surface area contributed by atoms with Gasteiger partial charge >= 0.3 is 0 Å². The summed E-state index contributed by atoms with van der Waals surface area (Å²) in [5, 5.41) is 3.77. The van der Waals surface area contributed by atoms with Crippen LogP contribution in [0.15, 0.2) is 24.3 Å². The minimum atomic E-state index is 0.187. The monoisotopic (exact) mass is 289 g/mol. The Morgan fingerprint density at radius 2 is 2.10 bits per heavy atom. The molecule has 1 saturated carbocycles. The average molecular weight is 289 g/mol. The molecule has 1 heterocycles. The molecule has 2 aliphatic rings. The zero-order chi connectivity index (χ0) is 15.0. The van der Waals surface area contributed by atoms with Crippen molar-refractivity contribution in [3.05, 3.63) is 29.8 Å². The Balaban J connectivity index is 1.58. The molecular weight excluding hydrogens is 262 g/mol. The predicted molar refractivity (Wildman–Crippen MR) is 84.6 cm³/mol. The standard InChI is InChI=1S/C18H27NO2/c1-12(2)10-21-17-9-16(18(17,3)4)19-14-11-20-15-8-6-5-7-13(14)15/h5-8,12,14,16-17,19H,9-11H2,1-4H3. The number of benzene rings is 1. The van der Waals surface area contributed by atoms with Crippen LogP contribution in [0.25, 0.3) is 0 Å². The van der Waals surface area contributed by atoms with Crippen LogP contribution in [-0.2, 0) is 4.74 Å². The first-order valence-corrected chi connectivity index (χ1v) is 8.08. The third-order valence-corrected chi connectivity index (χ3v) is 4.91. The second-order valence-corrected chi connectivity index (χ2v) is 7.39. The molecule has 3 atom stereocenters. The van der Waals surface area contributed by atoms with Gasteiger partial charge in [-0.2, -0.15) is 0 Å². The molecule has 1 aromatic carbocycles. The van der Waals surface area contributed by atoms with Crippen LogP contribution >= 0.6 is 0 Å². The van der Waals surface area contributed by atoms with E-state index in [4.69, 9.17) is 9.47 Å². The summed E-state index contributed by atoms with van der Waals surface area (Å²) in [6.45, 7) is 10.6. The highest BCUT2D eigenvalue weighted by molar-refractivity contribution is 5.39. The SMILES string of the molecule is CC(C)COC1CC(NC2COc3ccccc32)C1(C)C. The molecule has 0 radical (unpaired) electrons. The van der Waals surface area contributed by atoms with Crippen molar-refractivity contribution in [2.45, 2.75) is 52.3 Å². The fraction of sp³-hybridized carbons (Fsp3) is 0.667. The van der Waals surface area contributed by atoms with E-state index < -0.39 is 0 Å². The van der Waals surface area contributed by atoms with Crippen molar-refractivity contribution in [3.8, 4) is 5.75 Å². The van der Waals surface area contributed by atoms with Crippen LogP contribution in [0.4, 0.5) is 0 Å². The zero-order valence-corrected chi connectivity index (χ0v) is 13.6. The second-order valence-electron chi connectivity index (χ2n) is 7.39. The Morgan fingerprint density at radius 3 is 2.81 bits per heavy atom. The van der Waals surface area contributed by atoms with E-state index in [1.54, 1.807) is 0 Å². The number of fused-ring (bicyclic) bond motifs is 1. The number of nitrogens with one attached hydrogen (secondary N) is 1. The van der Waals surface area contributed by atoms with Gasteiger partial charge < -0.3 is 14.8 Å². The molecule has 0 bridgehead atoms. The van der Waals surface area contributed by atoms with Crippen LogP contribution in [0.1, 0.15) is 45.7 Å². The van der Waals surface area contributed by atoms with Crippen molar-refractivity contribution < 1.29 is 9.47 Å². The topological polar surface area (TPSA) is 30.5 Å². The lowest BCUT2D eigenvalue weighted by atomic mass is 9.64. The van der Waals surface area contributed by atoms with E-state index in [-0.39, 0.29) is 5.41 Å². The number of hydrogen-bond donors (Lipinski definition) is 1. The molecule has 1 fully saturated rings. The summed E-state index contributed by atoms with van der Waals surface area (Å²) in [6, 6.07) is 9.15.